The Labute approximate surface area is 150 Å². The zero-order valence-corrected chi connectivity index (χ0v) is 14.2. The highest BCUT2D eigenvalue weighted by atomic mass is 35.5. The summed E-state index contributed by atoms with van der Waals surface area (Å²) >= 11 is 6.01. The molecule has 1 N–H and O–H groups in total. The Kier molecular flexibility index (Phi) is 5.24. The van der Waals surface area contributed by atoms with Gasteiger partial charge in [0.15, 0.2) is 0 Å². The van der Waals surface area contributed by atoms with Gasteiger partial charge in [0.1, 0.15) is 6.61 Å². The number of rotatable bonds is 4. The van der Waals surface area contributed by atoms with Crippen LogP contribution >= 0.6 is 11.6 Å². The lowest BCUT2D eigenvalue weighted by atomic mass is 9.89. The van der Waals surface area contributed by atoms with Gasteiger partial charge in [-0.2, -0.15) is 0 Å². The molecule has 2 aromatic carbocycles. The topological polar surface area (TPSA) is 66.8 Å². The summed E-state index contributed by atoms with van der Waals surface area (Å²) in [5.41, 5.74) is 1.70. The predicted octanol–water partition coefficient (Wildman–Crippen LogP) is 3.78. The molecule has 0 bridgehead atoms. The first kappa shape index (κ1) is 17.3. The number of likely N-dealkylation sites (tertiary alicyclic amines) is 1. The van der Waals surface area contributed by atoms with E-state index in [9.17, 15) is 14.7 Å². The molecule has 6 heteroatoms. The molecule has 1 saturated heterocycles. The number of amides is 1. The molecule has 3 rings (SSSR count). The first-order valence-corrected chi connectivity index (χ1v) is 8.36. The van der Waals surface area contributed by atoms with E-state index < -0.39 is 18.0 Å². The van der Waals surface area contributed by atoms with Crippen molar-refractivity contribution in [2.45, 2.75) is 12.5 Å². The van der Waals surface area contributed by atoms with Crippen molar-refractivity contribution in [3.8, 4) is 0 Å². The summed E-state index contributed by atoms with van der Waals surface area (Å²) < 4.78 is 5.32. The van der Waals surface area contributed by atoms with E-state index in [0.717, 1.165) is 11.1 Å². The molecule has 5 nitrogen and oxygen atoms in total. The van der Waals surface area contributed by atoms with E-state index in [-0.39, 0.29) is 19.1 Å². The van der Waals surface area contributed by atoms with Crippen LogP contribution in [0, 0.1) is 5.92 Å². The molecule has 0 radical (unpaired) electrons. The van der Waals surface area contributed by atoms with Gasteiger partial charge in [0.05, 0.1) is 5.92 Å². The Morgan fingerprint density at radius 1 is 1.12 bits per heavy atom. The fourth-order valence-corrected chi connectivity index (χ4v) is 3.29. The zero-order chi connectivity index (χ0) is 17.8. The zero-order valence-electron chi connectivity index (χ0n) is 13.5. The number of carboxylic acids is 1. The molecule has 1 heterocycles. The van der Waals surface area contributed by atoms with Crippen molar-refractivity contribution in [2.75, 3.05) is 13.1 Å². The normalized spacial score (nSPS) is 19.6. The van der Waals surface area contributed by atoms with Gasteiger partial charge in [-0.05, 0) is 23.3 Å². The first-order chi connectivity index (χ1) is 12.0. The van der Waals surface area contributed by atoms with Crippen molar-refractivity contribution in [1.29, 1.82) is 0 Å². The van der Waals surface area contributed by atoms with Gasteiger partial charge in [0, 0.05) is 24.0 Å². The van der Waals surface area contributed by atoms with Crippen LogP contribution in [0.1, 0.15) is 17.0 Å². The minimum Gasteiger partial charge on any atom is -0.481 e. The Morgan fingerprint density at radius 2 is 1.88 bits per heavy atom. The minimum absolute atomic E-state index is 0.125. The third kappa shape index (κ3) is 4.12. The van der Waals surface area contributed by atoms with E-state index in [1.54, 1.807) is 18.2 Å². The van der Waals surface area contributed by atoms with Crippen molar-refractivity contribution >= 4 is 23.7 Å². The number of halogens is 1. The Hall–Kier alpha value is -2.53. The monoisotopic (exact) mass is 359 g/mol. The number of carbonyl (C=O) groups is 2. The van der Waals surface area contributed by atoms with Crippen molar-refractivity contribution in [3.05, 3.63) is 70.7 Å². The van der Waals surface area contributed by atoms with Crippen LogP contribution in [0.25, 0.3) is 0 Å². The molecule has 0 aliphatic carbocycles. The molecule has 1 fully saturated rings. The van der Waals surface area contributed by atoms with Crippen molar-refractivity contribution in [2.24, 2.45) is 5.92 Å². The highest BCUT2D eigenvalue weighted by Gasteiger charge is 2.41. The maximum atomic E-state index is 12.3. The molecule has 0 spiro atoms. The van der Waals surface area contributed by atoms with Crippen LogP contribution in [0.4, 0.5) is 4.79 Å². The maximum absolute atomic E-state index is 12.3. The van der Waals surface area contributed by atoms with E-state index in [0.29, 0.717) is 11.6 Å². The molecule has 0 aromatic heterocycles. The molecule has 0 saturated carbocycles. The lowest BCUT2D eigenvalue weighted by Crippen LogP contribution is -2.30. The van der Waals surface area contributed by atoms with Gasteiger partial charge in [0.2, 0.25) is 0 Å². The van der Waals surface area contributed by atoms with Crippen LogP contribution in [0.2, 0.25) is 5.02 Å². The second-order valence-electron chi connectivity index (χ2n) is 6.05. The largest absolute Gasteiger partial charge is 0.481 e. The Bertz CT molecular complexity index is 765. The van der Waals surface area contributed by atoms with E-state index in [1.165, 1.54) is 4.90 Å². The summed E-state index contributed by atoms with van der Waals surface area (Å²) in [5.74, 6) is -1.91. The number of nitrogens with zero attached hydrogens (tertiary/aromatic N) is 1. The second-order valence-corrected chi connectivity index (χ2v) is 6.49. The quantitative estimate of drug-likeness (QED) is 0.902. The highest BCUT2D eigenvalue weighted by molar-refractivity contribution is 6.30. The van der Waals surface area contributed by atoms with Crippen molar-refractivity contribution in [1.82, 2.24) is 4.90 Å². The molecular weight excluding hydrogens is 342 g/mol. The van der Waals surface area contributed by atoms with Gasteiger partial charge >= 0.3 is 12.1 Å². The number of benzene rings is 2. The molecule has 1 amide bonds. The average Bonchev–Trinajstić information content (AvgIpc) is 3.06. The molecule has 0 unspecified atom stereocenters. The summed E-state index contributed by atoms with van der Waals surface area (Å²) in [5, 5.41) is 10.1. The number of ether oxygens (including phenoxy) is 1. The maximum Gasteiger partial charge on any atom is 0.410 e. The highest BCUT2D eigenvalue weighted by Crippen LogP contribution is 2.34. The number of aliphatic carboxylic acids is 1. The van der Waals surface area contributed by atoms with Crippen molar-refractivity contribution in [3.63, 3.8) is 0 Å². The molecule has 25 heavy (non-hydrogen) atoms. The van der Waals surface area contributed by atoms with Crippen LogP contribution in [0.3, 0.4) is 0 Å². The van der Waals surface area contributed by atoms with E-state index in [4.69, 9.17) is 16.3 Å². The summed E-state index contributed by atoms with van der Waals surface area (Å²) in [6.07, 6.45) is -0.500. The third-order valence-electron chi connectivity index (χ3n) is 4.38. The molecule has 130 valence electrons. The SMILES string of the molecule is O=C(O)[C@H]1CN(C(=O)OCc2ccccc2)C[C@@H]1c1cccc(Cl)c1. The van der Waals surface area contributed by atoms with Crippen LogP contribution in [0.5, 0.6) is 0 Å². The van der Waals surface area contributed by atoms with Crippen LogP contribution in [0.15, 0.2) is 54.6 Å². The van der Waals surface area contributed by atoms with Gasteiger partial charge < -0.3 is 14.7 Å². The van der Waals surface area contributed by atoms with Crippen LogP contribution < -0.4 is 0 Å². The van der Waals surface area contributed by atoms with Crippen LogP contribution in [-0.4, -0.2) is 35.2 Å². The number of hydrogen-bond acceptors (Lipinski definition) is 3. The van der Waals surface area contributed by atoms with Gasteiger partial charge in [-0.1, -0.05) is 54.1 Å². The van der Waals surface area contributed by atoms with Crippen molar-refractivity contribution < 1.29 is 19.4 Å². The summed E-state index contributed by atoms with van der Waals surface area (Å²) in [4.78, 5) is 25.4. The van der Waals surface area contributed by atoms with E-state index in [1.807, 2.05) is 36.4 Å². The second kappa shape index (κ2) is 7.57. The first-order valence-electron chi connectivity index (χ1n) is 7.98. The molecule has 2 atom stereocenters. The Balaban J connectivity index is 1.69. The lowest BCUT2D eigenvalue weighted by molar-refractivity contribution is -0.141. The van der Waals surface area contributed by atoms with Gasteiger partial charge in [-0.3, -0.25) is 4.79 Å². The minimum atomic E-state index is -0.927. The van der Waals surface area contributed by atoms with E-state index >= 15 is 0 Å². The molecule has 2 aromatic rings. The summed E-state index contributed by atoms with van der Waals surface area (Å²) in [6, 6.07) is 16.5. The van der Waals surface area contributed by atoms with Crippen LogP contribution in [-0.2, 0) is 16.1 Å². The standard InChI is InChI=1S/C19H18ClNO4/c20-15-8-4-7-14(9-15)16-10-21(11-17(16)18(22)23)19(24)25-12-13-5-2-1-3-6-13/h1-9,16-17H,10-12H2,(H,22,23)/t16-,17+/m1/s1. The summed E-state index contributed by atoms with van der Waals surface area (Å²) in [6.45, 7) is 0.584. The average molecular weight is 360 g/mol. The van der Waals surface area contributed by atoms with Gasteiger partial charge in [-0.15, -0.1) is 0 Å². The smallest absolute Gasteiger partial charge is 0.410 e. The number of carbonyl (C=O) groups excluding carboxylic acids is 1. The predicted molar refractivity (Wildman–Crippen MR) is 93.5 cm³/mol. The van der Waals surface area contributed by atoms with Gasteiger partial charge in [-0.25, -0.2) is 4.79 Å². The molecule has 1 aliphatic heterocycles. The molecular formula is C19H18ClNO4. The fourth-order valence-electron chi connectivity index (χ4n) is 3.09. The van der Waals surface area contributed by atoms with E-state index in [2.05, 4.69) is 0 Å². The number of carboxylic acid groups (broad SMARTS) is 1. The number of hydrogen-bond donors (Lipinski definition) is 1. The summed E-state index contributed by atoms with van der Waals surface area (Å²) in [7, 11) is 0. The van der Waals surface area contributed by atoms with Gasteiger partial charge in [0.25, 0.3) is 0 Å². The Morgan fingerprint density at radius 3 is 2.56 bits per heavy atom. The fraction of sp³-hybridized carbons (Fsp3) is 0.263. The third-order valence-corrected chi connectivity index (χ3v) is 4.61. The molecule has 1 aliphatic rings. The lowest BCUT2D eigenvalue weighted by Gasteiger charge is -2.16.